The molecular formula is C21H23F2IN4O2. The molecule has 0 radical (unpaired) electrons. The lowest BCUT2D eigenvalue weighted by molar-refractivity contribution is 0.318. The molecular weight excluding hydrogens is 505 g/mol. The molecule has 0 aliphatic rings. The third kappa shape index (κ3) is 6.68. The van der Waals surface area contributed by atoms with Crippen LogP contribution in [-0.4, -0.2) is 31.1 Å². The average Bonchev–Trinajstić information content (AvgIpc) is 3.19. The SMILES string of the molecule is CN=C(NCCOc1ccc(F)c(F)c1)NCc1coc(-c2ccc(C)cc2)n1.I. The normalized spacial score (nSPS) is 11.0. The summed E-state index contributed by atoms with van der Waals surface area (Å²) >= 11 is 0. The zero-order chi connectivity index (χ0) is 20.6. The van der Waals surface area contributed by atoms with Crippen molar-refractivity contribution >= 4 is 29.9 Å². The number of aliphatic imine (C=N–C) groups is 1. The van der Waals surface area contributed by atoms with E-state index in [1.54, 1.807) is 13.3 Å². The number of aromatic nitrogens is 1. The zero-order valence-corrected chi connectivity index (χ0v) is 18.9. The van der Waals surface area contributed by atoms with E-state index in [2.05, 4.69) is 20.6 Å². The lowest BCUT2D eigenvalue weighted by Gasteiger charge is -2.11. The number of guanidine groups is 1. The van der Waals surface area contributed by atoms with Crippen molar-refractivity contribution in [1.29, 1.82) is 0 Å². The minimum atomic E-state index is -0.939. The molecule has 2 N–H and O–H groups in total. The Labute approximate surface area is 190 Å². The fourth-order valence-corrected chi connectivity index (χ4v) is 2.52. The van der Waals surface area contributed by atoms with Crippen LogP contribution in [0.15, 0.2) is 58.1 Å². The van der Waals surface area contributed by atoms with Gasteiger partial charge in [-0.1, -0.05) is 17.7 Å². The van der Waals surface area contributed by atoms with Gasteiger partial charge in [0.15, 0.2) is 17.6 Å². The standard InChI is InChI=1S/C21H22F2N4O2.HI/c1-14-3-5-15(6-4-14)20-27-16(13-29-20)12-26-21(24-2)25-9-10-28-17-7-8-18(22)19(23)11-17;/h3-8,11,13H,9-10,12H2,1-2H3,(H2,24,25,26);1H. The Morgan fingerprint density at radius 1 is 1.10 bits per heavy atom. The molecule has 30 heavy (non-hydrogen) atoms. The fourth-order valence-electron chi connectivity index (χ4n) is 2.52. The Hall–Kier alpha value is -2.69. The van der Waals surface area contributed by atoms with E-state index < -0.39 is 11.6 Å². The molecule has 1 aromatic heterocycles. The first-order chi connectivity index (χ1) is 14.0. The summed E-state index contributed by atoms with van der Waals surface area (Å²) in [6.07, 6.45) is 1.60. The van der Waals surface area contributed by atoms with Crippen LogP contribution < -0.4 is 15.4 Å². The Morgan fingerprint density at radius 3 is 2.57 bits per heavy atom. The van der Waals surface area contributed by atoms with Gasteiger partial charge in [0.05, 0.1) is 18.8 Å². The summed E-state index contributed by atoms with van der Waals surface area (Å²) in [5.41, 5.74) is 2.82. The first kappa shape index (κ1) is 23.6. The molecule has 3 aromatic rings. The highest BCUT2D eigenvalue weighted by Gasteiger charge is 2.08. The average molecular weight is 528 g/mol. The maximum atomic E-state index is 13.1. The van der Waals surface area contributed by atoms with Crippen LogP contribution in [0.4, 0.5) is 8.78 Å². The molecule has 0 aliphatic heterocycles. The van der Waals surface area contributed by atoms with Crippen LogP contribution >= 0.6 is 24.0 Å². The van der Waals surface area contributed by atoms with E-state index in [-0.39, 0.29) is 36.3 Å². The van der Waals surface area contributed by atoms with Gasteiger partial charge in [-0.3, -0.25) is 4.99 Å². The maximum Gasteiger partial charge on any atom is 0.226 e. The molecule has 0 saturated heterocycles. The van der Waals surface area contributed by atoms with E-state index in [9.17, 15) is 8.78 Å². The summed E-state index contributed by atoms with van der Waals surface area (Å²) in [5.74, 6) is -0.465. The quantitative estimate of drug-likeness (QED) is 0.207. The van der Waals surface area contributed by atoms with Crippen molar-refractivity contribution in [3.63, 3.8) is 0 Å². The van der Waals surface area contributed by atoms with Gasteiger partial charge in [0, 0.05) is 18.7 Å². The van der Waals surface area contributed by atoms with E-state index >= 15 is 0 Å². The first-order valence-electron chi connectivity index (χ1n) is 9.09. The number of hydrogen-bond acceptors (Lipinski definition) is 4. The highest BCUT2D eigenvalue weighted by Crippen LogP contribution is 2.19. The van der Waals surface area contributed by atoms with Gasteiger partial charge in [-0.25, -0.2) is 13.8 Å². The van der Waals surface area contributed by atoms with Gasteiger partial charge >= 0.3 is 0 Å². The Bertz CT molecular complexity index is 977. The van der Waals surface area contributed by atoms with Crippen molar-refractivity contribution < 1.29 is 17.9 Å². The zero-order valence-electron chi connectivity index (χ0n) is 16.6. The van der Waals surface area contributed by atoms with Crippen LogP contribution in [0.3, 0.4) is 0 Å². The predicted octanol–water partition coefficient (Wildman–Crippen LogP) is 4.29. The van der Waals surface area contributed by atoms with Gasteiger partial charge in [0.25, 0.3) is 0 Å². The van der Waals surface area contributed by atoms with E-state index in [0.29, 0.717) is 24.9 Å². The van der Waals surface area contributed by atoms with E-state index in [0.717, 1.165) is 23.4 Å². The number of hydrogen-bond donors (Lipinski definition) is 2. The Kier molecular flexibility index (Phi) is 9.03. The number of aryl methyl sites for hydroxylation is 1. The fraction of sp³-hybridized carbons (Fsp3) is 0.238. The molecule has 9 heteroatoms. The molecule has 0 bridgehead atoms. The van der Waals surface area contributed by atoms with Gasteiger partial charge in [-0.15, -0.1) is 24.0 Å². The van der Waals surface area contributed by atoms with E-state index in [1.165, 1.54) is 11.6 Å². The Balaban J connectivity index is 0.00000320. The molecule has 0 unspecified atom stereocenters. The van der Waals surface area contributed by atoms with Crippen molar-refractivity contribution in [3.8, 4) is 17.2 Å². The number of nitrogens with one attached hydrogen (secondary N) is 2. The molecule has 0 aliphatic carbocycles. The summed E-state index contributed by atoms with van der Waals surface area (Å²) in [4.78, 5) is 8.58. The first-order valence-corrected chi connectivity index (χ1v) is 9.09. The van der Waals surface area contributed by atoms with Crippen molar-refractivity contribution in [2.24, 2.45) is 4.99 Å². The van der Waals surface area contributed by atoms with Crippen molar-refractivity contribution in [2.45, 2.75) is 13.5 Å². The topological polar surface area (TPSA) is 71.7 Å². The lowest BCUT2D eigenvalue weighted by Crippen LogP contribution is -2.38. The summed E-state index contributed by atoms with van der Waals surface area (Å²) in [6.45, 7) is 3.13. The number of rotatable bonds is 7. The minimum absolute atomic E-state index is 0. The monoisotopic (exact) mass is 528 g/mol. The molecule has 160 valence electrons. The summed E-state index contributed by atoms with van der Waals surface area (Å²) < 4.78 is 37.0. The van der Waals surface area contributed by atoms with Crippen molar-refractivity contribution in [2.75, 3.05) is 20.2 Å². The molecule has 3 rings (SSSR count). The third-order valence-electron chi connectivity index (χ3n) is 4.07. The minimum Gasteiger partial charge on any atom is -0.492 e. The van der Waals surface area contributed by atoms with Gasteiger partial charge in [0.1, 0.15) is 18.6 Å². The van der Waals surface area contributed by atoms with Crippen LogP contribution in [-0.2, 0) is 6.54 Å². The number of benzene rings is 2. The molecule has 0 amide bonds. The summed E-state index contributed by atoms with van der Waals surface area (Å²) in [7, 11) is 1.64. The smallest absolute Gasteiger partial charge is 0.226 e. The second kappa shape index (κ2) is 11.5. The summed E-state index contributed by atoms with van der Waals surface area (Å²) in [6, 6.07) is 11.4. The Morgan fingerprint density at radius 2 is 1.87 bits per heavy atom. The van der Waals surface area contributed by atoms with Gasteiger partial charge in [-0.2, -0.15) is 0 Å². The highest BCUT2D eigenvalue weighted by molar-refractivity contribution is 14.0. The molecule has 6 nitrogen and oxygen atoms in total. The molecule has 0 saturated carbocycles. The van der Waals surface area contributed by atoms with Crippen LogP contribution in [0.25, 0.3) is 11.5 Å². The molecule has 0 atom stereocenters. The molecule has 1 heterocycles. The number of oxazole rings is 1. The van der Waals surface area contributed by atoms with Crippen LogP contribution in [0.5, 0.6) is 5.75 Å². The number of halogens is 3. The largest absolute Gasteiger partial charge is 0.492 e. The van der Waals surface area contributed by atoms with Crippen molar-refractivity contribution in [1.82, 2.24) is 15.6 Å². The van der Waals surface area contributed by atoms with Crippen LogP contribution in [0, 0.1) is 18.6 Å². The maximum absolute atomic E-state index is 13.1. The number of ether oxygens (including phenoxy) is 1. The predicted molar refractivity (Wildman–Crippen MR) is 122 cm³/mol. The number of nitrogens with zero attached hydrogens (tertiary/aromatic N) is 2. The van der Waals surface area contributed by atoms with E-state index in [1.807, 2.05) is 31.2 Å². The second-order valence-corrected chi connectivity index (χ2v) is 6.29. The molecule has 0 spiro atoms. The summed E-state index contributed by atoms with van der Waals surface area (Å²) in [5, 5.41) is 6.19. The third-order valence-corrected chi connectivity index (χ3v) is 4.07. The van der Waals surface area contributed by atoms with E-state index in [4.69, 9.17) is 9.15 Å². The van der Waals surface area contributed by atoms with Gasteiger partial charge in [-0.05, 0) is 31.2 Å². The van der Waals surface area contributed by atoms with Crippen LogP contribution in [0.1, 0.15) is 11.3 Å². The molecule has 2 aromatic carbocycles. The lowest BCUT2D eigenvalue weighted by atomic mass is 10.1. The second-order valence-electron chi connectivity index (χ2n) is 6.29. The van der Waals surface area contributed by atoms with Crippen molar-refractivity contribution in [3.05, 3.63) is 71.6 Å². The molecule has 0 fully saturated rings. The van der Waals surface area contributed by atoms with Gasteiger partial charge in [0.2, 0.25) is 5.89 Å². The van der Waals surface area contributed by atoms with Gasteiger partial charge < -0.3 is 19.8 Å². The van der Waals surface area contributed by atoms with Crippen LogP contribution in [0.2, 0.25) is 0 Å². The highest BCUT2D eigenvalue weighted by atomic mass is 127.